The third kappa shape index (κ3) is 7.70. The molecule has 384 valence electrons. The standard InChI is InChI=1S/C72H72BN3O/c1-18-52(69-47(8)53-26-20-22-29-64(53)77-69)48-32-43(4)67(44(5)33-48)76-61-40-60-55(54-27-19-21-28-58(54)74(60)66-41(2)24-23-25-42(66)3)39-57(61)73-56-36-49(70(9,10)11)30-31-59(56)75(62-37-51(72(15,16)17)38-63(76)65(62)73)68-45(6)34-50(35-46(68)7)71(12,13)14/h18-40H,1,8H2,2-7,9-17H3/b69-52-. The van der Waals surface area contributed by atoms with Crippen LogP contribution in [-0.2, 0) is 16.2 Å². The van der Waals surface area contributed by atoms with Crippen LogP contribution in [0.25, 0.3) is 50.6 Å². The van der Waals surface area contributed by atoms with Gasteiger partial charge in [0, 0.05) is 49.7 Å². The summed E-state index contributed by atoms with van der Waals surface area (Å²) in [7, 11) is 0. The summed E-state index contributed by atoms with van der Waals surface area (Å²) in [4.78, 5) is 5.30. The number of hydrogen-bond acceptors (Lipinski definition) is 3. The fraction of sp³-hybridized carbons (Fsp3) is 0.250. The molecule has 0 N–H and O–H groups in total. The van der Waals surface area contributed by atoms with Gasteiger partial charge in [0.05, 0.1) is 28.1 Å². The fourth-order valence-corrected chi connectivity index (χ4v) is 13.1. The van der Waals surface area contributed by atoms with Crippen LogP contribution >= 0.6 is 0 Å². The molecule has 0 bridgehead atoms. The van der Waals surface area contributed by atoms with Crippen molar-refractivity contribution in [3.63, 3.8) is 0 Å². The summed E-state index contributed by atoms with van der Waals surface area (Å²) in [5.41, 5.74) is 29.5. The maximum absolute atomic E-state index is 6.60. The van der Waals surface area contributed by atoms with Crippen LogP contribution in [0.5, 0.6) is 0 Å². The number of para-hydroxylation sites is 3. The molecule has 0 unspecified atom stereocenters. The molecule has 77 heavy (non-hydrogen) atoms. The van der Waals surface area contributed by atoms with Crippen LogP contribution in [0.4, 0.5) is 34.1 Å². The van der Waals surface area contributed by atoms with Crippen LogP contribution in [0.3, 0.4) is 0 Å². The van der Waals surface area contributed by atoms with Gasteiger partial charge in [0.2, 0.25) is 0 Å². The molecule has 10 aromatic rings. The second kappa shape index (κ2) is 17.4. The van der Waals surface area contributed by atoms with Crippen LogP contribution in [0, 0.1) is 41.5 Å². The highest BCUT2D eigenvalue weighted by Crippen LogP contribution is 2.51. The Hall–Kier alpha value is -7.76. The van der Waals surface area contributed by atoms with E-state index in [2.05, 4.69) is 247 Å². The van der Waals surface area contributed by atoms with Crippen LogP contribution in [0.1, 0.15) is 118 Å². The summed E-state index contributed by atoms with van der Waals surface area (Å²) in [6.45, 7) is 43.7. The molecule has 8 aromatic carbocycles. The number of hydrogen-bond donors (Lipinski definition) is 0. The Morgan fingerprint density at radius 3 is 1.58 bits per heavy atom. The zero-order valence-corrected chi connectivity index (χ0v) is 48.0. The van der Waals surface area contributed by atoms with E-state index in [4.69, 9.17) is 4.42 Å². The van der Waals surface area contributed by atoms with Crippen LogP contribution in [-0.4, -0.2) is 11.3 Å². The highest BCUT2D eigenvalue weighted by atomic mass is 16.3. The Kier molecular flexibility index (Phi) is 11.3. The second-order valence-corrected chi connectivity index (χ2v) is 25.5. The third-order valence-corrected chi connectivity index (χ3v) is 17.0. The van der Waals surface area contributed by atoms with Crippen LogP contribution in [0.2, 0.25) is 0 Å². The van der Waals surface area contributed by atoms with Gasteiger partial charge in [-0.25, -0.2) is 0 Å². The van der Waals surface area contributed by atoms with Gasteiger partial charge in [-0.2, -0.15) is 0 Å². The number of aromatic nitrogens is 1. The quantitative estimate of drug-likeness (QED) is 0.161. The van der Waals surface area contributed by atoms with Gasteiger partial charge in [0.25, 0.3) is 6.71 Å². The molecule has 0 spiro atoms. The van der Waals surface area contributed by atoms with E-state index < -0.39 is 0 Å². The van der Waals surface area contributed by atoms with Crippen molar-refractivity contribution in [2.75, 3.05) is 9.80 Å². The SMILES string of the molecule is C=C/C(c1cc(C)c(N2c3cc4c(cc3B3c5cc(C(C)(C)C)ccc5N(c5c(C)cc(C(C)(C)C)cc5C)c5cc(C(C)(C)C)cc2c53)c2ccccc2n4-c2c(C)cccc2C)c(C)c1)=c1/oc2ccccc2c1=C. The Bertz CT molecular complexity index is 4220. The van der Waals surface area contributed by atoms with Crippen molar-refractivity contribution in [1.29, 1.82) is 0 Å². The van der Waals surface area contributed by atoms with Crippen molar-refractivity contribution in [3.05, 3.63) is 212 Å². The van der Waals surface area contributed by atoms with Gasteiger partial charge >= 0.3 is 0 Å². The van der Waals surface area contributed by atoms with Crippen molar-refractivity contribution < 1.29 is 4.42 Å². The van der Waals surface area contributed by atoms with Gasteiger partial charge in [-0.3, -0.25) is 0 Å². The zero-order valence-electron chi connectivity index (χ0n) is 48.0. The predicted molar refractivity (Wildman–Crippen MR) is 333 cm³/mol. The monoisotopic (exact) mass is 1010 g/mol. The van der Waals surface area contributed by atoms with Crippen LogP contribution < -0.4 is 36.8 Å². The molecular formula is C72H72BN3O. The average molecular weight is 1010 g/mol. The minimum atomic E-state index is -0.186. The number of aryl methyl sites for hydroxylation is 6. The van der Waals surface area contributed by atoms with Crippen molar-refractivity contribution in [1.82, 2.24) is 4.57 Å². The van der Waals surface area contributed by atoms with E-state index in [1.165, 1.54) is 117 Å². The smallest absolute Gasteiger partial charge is 0.252 e. The molecule has 0 fully saturated rings. The lowest BCUT2D eigenvalue weighted by atomic mass is 9.33. The predicted octanol–water partition coefficient (Wildman–Crippen LogP) is 16.2. The van der Waals surface area contributed by atoms with Crippen molar-refractivity contribution in [2.24, 2.45) is 0 Å². The fourth-order valence-electron chi connectivity index (χ4n) is 13.1. The summed E-state index contributed by atoms with van der Waals surface area (Å²) >= 11 is 0. The number of allylic oxidation sites excluding steroid dienone is 1. The van der Waals surface area contributed by atoms with Crippen molar-refractivity contribution >= 4 is 102 Å². The number of benzene rings is 8. The lowest BCUT2D eigenvalue weighted by molar-refractivity contribution is 0.573. The molecule has 5 heteroatoms. The van der Waals surface area contributed by atoms with E-state index in [0.29, 0.717) is 0 Å². The maximum Gasteiger partial charge on any atom is 0.252 e. The summed E-state index contributed by atoms with van der Waals surface area (Å²) in [6.07, 6.45) is 1.93. The Labute approximate surface area is 456 Å². The average Bonchev–Trinajstić information content (AvgIpc) is 3.90. The lowest BCUT2D eigenvalue weighted by Crippen LogP contribution is -2.61. The van der Waals surface area contributed by atoms with E-state index in [0.717, 1.165) is 43.9 Å². The Morgan fingerprint density at radius 1 is 0.468 bits per heavy atom. The molecule has 12 rings (SSSR count). The van der Waals surface area contributed by atoms with Gasteiger partial charge in [0.15, 0.2) is 0 Å². The molecular weight excluding hydrogens is 934 g/mol. The highest BCUT2D eigenvalue weighted by molar-refractivity contribution is 7.00. The Balaban J connectivity index is 1.25. The molecule has 0 saturated heterocycles. The van der Waals surface area contributed by atoms with E-state index in [1.54, 1.807) is 0 Å². The molecule has 0 aliphatic carbocycles. The molecule has 4 nitrogen and oxygen atoms in total. The number of fused-ring (bicyclic) bond motifs is 8. The largest absolute Gasteiger partial charge is 0.455 e. The van der Waals surface area contributed by atoms with Gasteiger partial charge in [0.1, 0.15) is 11.0 Å². The topological polar surface area (TPSA) is 24.6 Å². The van der Waals surface area contributed by atoms with E-state index in [9.17, 15) is 0 Å². The van der Waals surface area contributed by atoms with E-state index in [-0.39, 0.29) is 23.0 Å². The second-order valence-electron chi connectivity index (χ2n) is 25.5. The zero-order chi connectivity index (χ0) is 54.5. The molecule has 2 aromatic heterocycles. The summed E-state index contributed by atoms with van der Waals surface area (Å²) < 4.78 is 9.14. The number of rotatable bonds is 5. The first-order chi connectivity index (χ1) is 36.5. The minimum Gasteiger partial charge on any atom is -0.455 e. The van der Waals surface area contributed by atoms with E-state index >= 15 is 0 Å². The summed E-state index contributed by atoms with van der Waals surface area (Å²) in [6, 6.07) is 51.0. The molecule has 0 radical (unpaired) electrons. The highest BCUT2D eigenvalue weighted by Gasteiger charge is 2.46. The number of anilines is 6. The van der Waals surface area contributed by atoms with E-state index in [1.807, 2.05) is 24.3 Å². The first-order valence-corrected chi connectivity index (χ1v) is 27.6. The molecule has 4 heterocycles. The first kappa shape index (κ1) is 50.1. The van der Waals surface area contributed by atoms with Crippen molar-refractivity contribution in [3.8, 4) is 5.69 Å². The Morgan fingerprint density at radius 2 is 1.00 bits per heavy atom. The molecule has 0 atom stereocenters. The van der Waals surface area contributed by atoms with Gasteiger partial charge in [-0.15, -0.1) is 0 Å². The van der Waals surface area contributed by atoms with Gasteiger partial charge in [-0.1, -0.05) is 166 Å². The molecule has 0 saturated carbocycles. The third-order valence-electron chi connectivity index (χ3n) is 17.0. The van der Waals surface area contributed by atoms with Gasteiger partial charge < -0.3 is 18.8 Å². The molecule has 2 aliphatic rings. The molecule has 0 amide bonds. The lowest BCUT2D eigenvalue weighted by Gasteiger charge is -2.46. The van der Waals surface area contributed by atoms with Crippen LogP contribution in [0.15, 0.2) is 151 Å². The van der Waals surface area contributed by atoms with Gasteiger partial charge in [-0.05, 0) is 178 Å². The molecule has 2 aliphatic heterocycles. The normalized spacial score (nSPS) is 13.9. The summed E-state index contributed by atoms with van der Waals surface area (Å²) in [5, 5.41) is 4.39. The number of furan rings is 1. The maximum atomic E-state index is 6.60. The number of nitrogens with zero attached hydrogens (tertiary/aromatic N) is 3. The minimum absolute atomic E-state index is 0.000301. The van der Waals surface area contributed by atoms with Crippen molar-refractivity contribution in [2.45, 2.75) is 120 Å². The summed E-state index contributed by atoms with van der Waals surface area (Å²) in [5.74, 6) is 0. The first-order valence-electron chi connectivity index (χ1n) is 27.6.